The van der Waals surface area contributed by atoms with Crippen LogP contribution in [-0.2, 0) is 14.9 Å². The van der Waals surface area contributed by atoms with Crippen LogP contribution in [0.1, 0.15) is 11.1 Å². The van der Waals surface area contributed by atoms with Gasteiger partial charge >= 0.3 is 0 Å². The van der Waals surface area contributed by atoms with Crippen molar-refractivity contribution in [2.45, 2.75) is 4.90 Å². The zero-order valence-corrected chi connectivity index (χ0v) is 13.5. The number of carbonyl (C=O) groups excluding carboxylic acids is 1. The third-order valence-electron chi connectivity index (χ3n) is 3.92. The van der Waals surface area contributed by atoms with Gasteiger partial charge < -0.3 is 5.32 Å². The highest BCUT2D eigenvalue weighted by atomic mass is 32.2. The molecule has 0 unspecified atom stereocenters. The first-order valence-electron chi connectivity index (χ1n) is 7.29. The monoisotopic (exact) mass is 353 g/mol. The van der Waals surface area contributed by atoms with E-state index in [0.717, 1.165) is 0 Å². The van der Waals surface area contributed by atoms with E-state index in [0.29, 0.717) is 27.9 Å². The zero-order chi connectivity index (χ0) is 17.6. The number of nitrogens with zero attached hydrogens (tertiary/aromatic N) is 2. The Morgan fingerprint density at radius 3 is 2.60 bits per heavy atom. The number of fused-ring (bicyclic) bond motifs is 2. The van der Waals surface area contributed by atoms with Gasteiger partial charge in [0.15, 0.2) is 0 Å². The summed E-state index contributed by atoms with van der Waals surface area (Å²) in [5.41, 5.74) is 1.85. The third kappa shape index (κ3) is 2.57. The number of pyridine rings is 2. The lowest BCUT2D eigenvalue weighted by Crippen LogP contribution is -2.04. The lowest BCUT2D eigenvalue weighted by Gasteiger charge is -2.07. The molecule has 0 spiro atoms. The maximum absolute atomic E-state index is 12.2. The molecule has 7 nitrogen and oxygen atoms in total. The van der Waals surface area contributed by atoms with Gasteiger partial charge in [0, 0.05) is 23.3 Å². The highest BCUT2D eigenvalue weighted by Crippen LogP contribution is 2.33. The van der Waals surface area contributed by atoms with E-state index in [9.17, 15) is 17.8 Å². The average molecular weight is 353 g/mol. The van der Waals surface area contributed by atoms with E-state index in [4.69, 9.17) is 0 Å². The fourth-order valence-electron chi connectivity index (χ4n) is 2.82. The summed E-state index contributed by atoms with van der Waals surface area (Å²) in [6.45, 7) is 0. The lowest BCUT2D eigenvalue weighted by atomic mass is 10.0. The van der Waals surface area contributed by atoms with Gasteiger partial charge in [-0.25, -0.2) is 4.98 Å². The standard InChI is InChI=1S/C17H11N3O4S/c21-17-13(12-4-2-8-19-16(12)20-17)9-10-5-6-14(25(22,23)24)15-11(10)3-1-7-18-15/h1-9H,(H,19,20,21)(H,22,23,24). The van der Waals surface area contributed by atoms with Gasteiger partial charge in [0.25, 0.3) is 16.0 Å². The summed E-state index contributed by atoms with van der Waals surface area (Å²) in [6, 6.07) is 9.64. The van der Waals surface area contributed by atoms with E-state index in [-0.39, 0.29) is 16.3 Å². The SMILES string of the molecule is O=C1Nc2ncccc2C1=Cc1ccc(S(=O)(=O)O)c2ncccc12. The van der Waals surface area contributed by atoms with Gasteiger partial charge in [0.05, 0.1) is 11.1 Å². The van der Waals surface area contributed by atoms with Gasteiger partial charge in [-0.1, -0.05) is 12.1 Å². The van der Waals surface area contributed by atoms with Crippen LogP contribution in [0.3, 0.4) is 0 Å². The van der Waals surface area contributed by atoms with Crippen LogP contribution in [0, 0.1) is 0 Å². The van der Waals surface area contributed by atoms with Crippen molar-refractivity contribution in [2.24, 2.45) is 0 Å². The van der Waals surface area contributed by atoms with Crippen molar-refractivity contribution in [2.75, 3.05) is 5.32 Å². The van der Waals surface area contributed by atoms with Crippen molar-refractivity contribution in [3.05, 3.63) is 59.9 Å². The minimum atomic E-state index is -4.41. The molecule has 0 saturated carbocycles. The van der Waals surface area contributed by atoms with E-state index >= 15 is 0 Å². The molecule has 3 aromatic rings. The number of amides is 1. The fourth-order valence-corrected chi connectivity index (χ4v) is 3.47. The van der Waals surface area contributed by atoms with Crippen LogP contribution in [0.4, 0.5) is 5.82 Å². The Morgan fingerprint density at radius 1 is 1.04 bits per heavy atom. The van der Waals surface area contributed by atoms with E-state index in [1.807, 2.05) is 0 Å². The topological polar surface area (TPSA) is 109 Å². The predicted molar refractivity (Wildman–Crippen MR) is 92.3 cm³/mol. The fraction of sp³-hybridized carbons (Fsp3) is 0. The van der Waals surface area contributed by atoms with Crippen LogP contribution < -0.4 is 5.32 Å². The highest BCUT2D eigenvalue weighted by molar-refractivity contribution is 7.86. The quantitative estimate of drug-likeness (QED) is 0.541. The second-order valence-corrected chi connectivity index (χ2v) is 6.83. The van der Waals surface area contributed by atoms with Gasteiger partial charge in [0.2, 0.25) is 0 Å². The van der Waals surface area contributed by atoms with Crippen LogP contribution in [0.15, 0.2) is 53.7 Å². The maximum atomic E-state index is 12.2. The molecule has 1 amide bonds. The van der Waals surface area contributed by atoms with E-state index in [1.54, 1.807) is 36.5 Å². The number of nitrogens with one attached hydrogen (secondary N) is 1. The highest BCUT2D eigenvalue weighted by Gasteiger charge is 2.25. The lowest BCUT2D eigenvalue weighted by molar-refractivity contribution is -0.110. The number of rotatable bonds is 2. The molecule has 2 N–H and O–H groups in total. The summed E-state index contributed by atoms with van der Waals surface area (Å²) in [7, 11) is -4.41. The summed E-state index contributed by atoms with van der Waals surface area (Å²) < 4.78 is 32.5. The minimum absolute atomic E-state index is 0.143. The van der Waals surface area contributed by atoms with Gasteiger partial charge in [0.1, 0.15) is 10.7 Å². The van der Waals surface area contributed by atoms with Crippen molar-refractivity contribution in [1.29, 1.82) is 0 Å². The first-order chi connectivity index (χ1) is 11.9. The molecule has 0 bridgehead atoms. The molecule has 2 aromatic heterocycles. The van der Waals surface area contributed by atoms with Gasteiger partial charge in [-0.2, -0.15) is 8.42 Å². The van der Waals surface area contributed by atoms with E-state index < -0.39 is 10.1 Å². The van der Waals surface area contributed by atoms with Gasteiger partial charge in [-0.15, -0.1) is 0 Å². The Bertz CT molecular complexity index is 1170. The van der Waals surface area contributed by atoms with Crippen molar-refractivity contribution in [3.8, 4) is 0 Å². The molecule has 124 valence electrons. The molecule has 3 heterocycles. The number of hydrogen-bond donors (Lipinski definition) is 2. The third-order valence-corrected chi connectivity index (χ3v) is 4.80. The smallest absolute Gasteiger partial charge is 0.296 e. The van der Waals surface area contributed by atoms with Crippen LogP contribution in [-0.4, -0.2) is 28.8 Å². The van der Waals surface area contributed by atoms with Crippen molar-refractivity contribution >= 4 is 44.4 Å². The Balaban J connectivity index is 1.97. The molecular weight excluding hydrogens is 342 g/mol. The molecule has 25 heavy (non-hydrogen) atoms. The number of hydrogen-bond acceptors (Lipinski definition) is 5. The van der Waals surface area contributed by atoms with Gasteiger partial charge in [-0.3, -0.25) is 14.3 Å². The molecule has 4 rings (SSSR count). The number of aromatic nitrogens is 2. The number of anilines is 1. The van der Waals surface area contributed by atoms with Crippen LogP contribution in [0.25, 0.3) is 22.6 Å². The molecule has 1 aliphatic rings. The molecule has 0 aliphatic carbocycles. The Labute approximate surface area is 142 Å². The molecule has 1 aromatic carbocycles. The Hall–Kier alpha value is -3.10. The summed E-state index contributed by atoms with van der Waals surface area (Å²) >= 11 is 0. The second-order valence-electron chi connectivity index (χ2n) is 5.44. The first kappa shape index (κ1) is 15.4. The summed E-state index contributed by atoms with van der Waals surface area (Å²) in [5, 5.41) is 3.19. The molecule has 8 heteroatoms. The average Bonchev–Trinajstić information content (AvgIpc) is 2.90. The largest absolute Gasteiger partial charge is 0.306 e. The Kier molecular flexibility index (Phi) is 3.38. The molecule has 0 fully saturated rings. The molecule has 1 aliphatic heterocycles. The van der Waals surface area contributed by atoms with Crippen LogP contribution >= 0.6 is 0 Å². The number of carbonyl (C=O) groups is 1. The van der Waals surface area contributed by atoms with E-state index in [2.05, 4.69) is 15.3 Å². The molecule has 0 atom stereocenters. The maximum Gasteiger partial charge on any atom is 0.296 e. The normalized spacial score (nSPS) is 15.4. The van der Waals surface area contributed by atoms with E-state index in [1.165, 1.54) is 18.3 Å². The predicted octanol–water partition coefficient (Wildman–Crippen LogP) is 2.37. The Morgan fingerprint density at radius 2 is 1.80 bits per heavy atom. The van der Waals surface area contributed by atoms with Crippen molar-refractivity contribution < 1.29 is 17.8 Å². The zero-order valence-electron chi connectivity index (χ0n) is 12.7. The number of benzene rings is 1. The summed E-state index contributed by atoms with van der Waals surface area (Å²) in [6.07, 6.45) is 4.68. The minimum Gasteiger partial charge on any atom is -0.306 e. The van der Waals surface area contributed by atoms with Crippen LogP contribution in [0.5, 0.6) is 0 Å². The summed E-state index contributed by atoms with van der Waals surface area (Å²) in [5.74, 6) is 0.195. The molecular formula is C17H11N3O4S. The first-order valence-corrected chi connectivity index (χ1v) is 8.73. The molecule has 0 saturated heterocycles. The van der Waals surface area contributed by atoms with Crippen molar-refractivity contribution in [3.63, 3.8) is 0 Å². The van der Waals surface area contributed by atoms with Crippen molar-refractivity contribution in [1.82, 2.24) is 9.97 Å². The van der Waals surface area contributed by atoms with Gasteiger partial charge in [-0.05, 0) is 35.9 Å². The van der Waals surface area contributed by atoms with Crippen LogP contribution in [0.2, 0.25) is 0 Å². The second kappa shape index (κ2) is 5.47. The summed E-state index contributed by atoms with van der Waals surface area (Å²) in [4.78, 5) is 20.1. The molecule has 0 radical (unpaired) electrons.